The highest BCUT2D eigenvalue weighted by Gasteiger charge is 2.60. The topological polar surface area (TPSA) is 116 Å². The lowest BCUT2D eigenvalue weighted by atomic mass is 9.71. The number of oxime groups is 1. The van der Waals surface area contributed by atoms with Gasteiger partial charge in [0.1, 0.15) is 36.9 Å². The van der Waals surface area contributed by atoms with Crippen molar-refractivity contribution in [3.8, 4) is 0 Å². The molecule has 0 aromatic heterocycles. The fraction of sp³-hybridized carbons (Fsp3) is 0.676. The average molecular weight is 640 g/mol. The maximum absolute atomic E-state index is 14.2. The molecule has 2 bridgehead atoms. The zero-order valence-electron chi connectivity index (χ0n) is 28.7. The smallest absolute Gasteiger partial charge is 0.316 e. The van der Waals surface area contributed by atoms with E-state index in [9.17, 15) is 15.0 Å². The van der Waals surface area contributed by atoms with Gasteiger partial charge in [-0.2, -0.15) is 0 Å². The molecular formula is C37H53NO8. The van der Waals surface area contributed by atoms with Crippen LogP contribution in [0.1, 0.15) is 80.6 Å². The highest BCUT2D eigenvalue weighted by molar-refractivity contribution is 5.88. The molecule has 9 heteroatoms. The third kappa shape index (κ3) is 6.99. The first-order valence-corrected chi connectivity index (χ1v) is 16.8. The monoisotopic (exact) mass is 639 g/mol. The molecule has 4 heterocycles. The Morgan fingerprint density at radius 2 is 1.96 bits per heavy atom. The summed E-state index contributed by atoms with van der Waals surface area (Å²) in [5.41, 5.74) is 2.54. The van der Waals surface area contributed by atoms with Gasteiger partial charge in [-0.3, -0.25) is 4.79 Å². The van der Waals surface area contributed by atoms with E-state index in [1.807, 2.05) is 12.2 Å². The van der Waals surface area contributed by atoms with Crippen LogP contribution in [0.5, 0.6) is 0 Å². The molecule has 1 aliphatic carbocycles. The van der Waals surface area contributed by atoms with Crippen molar-refractivity contribution >= 4 is 11.7 Å². The summed E-state index contributed by atoms with van der Waals surface area (Å²) < 4.78 is 26.0. The number of nitrogens with zero attached hydrogens (tertiary/aromatic N) is 1. The van der Waals surface area contributed by atoms with Crippen LogP contribution in [0.25, 0.3) is 0 Å². The molecule has 1 unspecified atom stereocenters. The molecule has 0 aromatic carbocycles. The number of carbonyl (C=O) groups excluding carboxylic acids is 1. The number of rotatable bonds is 3. The van der Waals surface area contributed by atoms with Crippen LogP contribution < -0.4 is 0 Å². The number of hydrogen-bond donors (Lipinski definition) is 2. The lowest BCUT2D eigenvalue weighted by molar-refractivity contribution is -0.313. The number of hydrogen-bond acceptors (Lipinski definition) is 9. The van der Waals surface area contributed by atoms with E-state index in [2.05, 4.69) is 64.9 Å². The van der Waals surface area contributed by atoms with E-state index in [1.165, 1.54) is 5.57 Å². The summed E-state index contributed by atoms with van der Waals surface area (Å²) in [6.07, 6.45) is 11.4. The molecule has 3 fully saturated rings. The molecule has 9 nitrogen and oxygen atoms in total. The Labute approximate surface area is 274 Å². The van der Waals surface area contributed by atoms with Crippen LogP contribution in [0.15, 0.2) is 63.9 Å². The molecule has 0 saturated carbocycles. The van der Waals surface area contributed by atoms with Crippen LogP contribution >= 0.6 is 0 Å². The largest absolute Gasteiger partial charge is 0.462 e. The molecule has 2 N–H and O–H groups in total. The first-order valence-electron chi connectivity index (χ1n) is 16.8. The zero-order chi connectivity index (χ0) is 33.4. The molecule has 3 saturated heterocycles. The molecule has 0 amide bonds. The van der Waals surface area contributed by atoms with Crippen molar-refractivity contribution in [2.75, 3.05) is 13.7 Å². The van der Waals surface area contributed by atoms with E-state index in [-0.39, 0.29) is 30.7 Å². The average Bonchev–Trinajstić information content (AvgIpc) is 3.31. The Kier molecular flexibility index (Phi) is 10.5. The molecule has 0 radical (unpaired) electrons. The fourth-order valence-electron chi connectivity index (χ4n) is 7.94. The molecule has 1 spiro atoms. The lowest BCUT2D eigenvalue weighted by Gasteiger charge is -2.50. The Bertz CT molecular complexity index is 1340. The molecule has 0 aromatic rings. The van der Waals surface area contributed by atoms with Gasteiger partial charge in [0, 0.05) is 25.2 Å². The van der Waals surface area contributed by atoms with Crippen LogP contribution in [-0.2, 0) is 28.6 Å². The summed E-state index contributed by atoms with van der Waals surface area (Å²) in [6.45, 7) is 14.6. The van der Waals surface area contributed by atoms with Gasteiger partial charge in [0.15, 0.2) is 5.79 Å². The predicted octanol–water partition coefficient (Wildman–Crippen LogP) is 5.73. The Hall–Kier alpha value is -2.56. The fourth-order valence-corrected chi connectivity index (χ4v) is 7.94. The van der Waals surface area contributed by atoms with Gasteiger partial charge in [0.25, 0.3) is 0 Å². The summed E-state index contributed by atoms with van der Waals surface area (Å²) >= 11 is 0. The van der Waals surface area contributed by atoms with E-state index in [1.54, 1.807) is 20.1 Å². The van der Waals surface area contributed by atoms with Gasteiger partial charge in [-0.15, -0.1) is 0 Å². The molecule has 46 heavy (non-hydrogen) atoms. The van der Waals surface area contributed by atoms with Gasteiger partial charge < -0.3 is 34.0 Å². The Morgan fingerprint density at radius 1 is 1.20 bits per heavy atom. The highest BCUT2D eigenvalue weighted by Crippen LogP contribution is 2.47. The second kappa shape index (κ2) is 13.9. The van der Waals surface area contributed by atoms with E-state index >= 15 is 0 Å². The van der Waals surface area contributed by atoms with E-state index in [0.717, 1.165) is 17.7 Å². The first-order chi connectivity index (χ1) is 21.8. The number of aliphatic hydroxyl groups excluding tert-OH is 1. The molecular weight excluding hydrogens is 586 g/mol. The number of ether oxygens (including phenoxy) is 4. The lowest BCUT2D eigenvalue weighted by Crippen LogP contribution is -2.59. The van der Waals surface area contributed by atoms with Crippen LogP contribution in [-0.4, -0.2) is 77.5 Å². The predicted molar refractivity (Wildman–Crippen MR) is 176 cm³/mol. The van der Waals surface area contributed by atoms with Gasteiger partial charge in [-0.1, -0.05) is 74.9 Å². The van der Waals surface area contributed by atoms with Gasteiger partial charge in [0.2, 0.25) is 0 Å². The number of carbonyl (C=O) groups is 1. The quantitative estimate of drug-likeness (QED) is 0.229. The number of fused-ring (bicyclic) bond motifs is 2. The van der Waals surface area contributed by atoms with Crippen molar-refractivity contribution < 1.29 is 38.8 Å². The molecule has 254 valence electrons. The molecule has 4 aliphatic heterocycles. The third-order valence-electron chi connectivity index (χ3n) is 10.1. The van der Waals surface area contributed by atoms with Crippen LogP contribution in [0.4, 0.5) is 0 Å². The van der Waals surface area contributed by atoms with Crippen molar-refractivity contribution in [3.63, 3.8) is 0 Å². The summed E-state index contributed by atoms with van der Waals surface area (Å²) in [5.74, 6) is -2.15. The Balaban J connectivity index is 1.55. The number of aliphatic hydroxyl groups is 2. The van der Waals surface area contributed by atoms with Crippen molar-refractivity contribution in [1.82, 2.24) is 0 Å². The zero-order valence-corrected chi connectivity index (χ0v) is 28.7. The Morgan fingerprint density at radius 3 is 2.67 bits per heavy atom. The van der Waals surface area contributed by atoms with Crippen LogP contribution in [0.3, 0.4) is 0 Å². The normalized spacial score (nSPS) is 44.5. The molecule has 5 aliphatic rings. The minimum Gasteiger partial charge on any atom is -0.462 e. The third-order valence-corrected chi connectivity index (χ3v) is 10.1. The standard InChI is InChI=1S/C37H53NO8/c1-21(2)14-25(6)33-26(7)31(38-42-8)19-36(46-33)18-29-17-28(45-36)13-12-23(4)15-22(3)10-9-11-27-20-43-34-32(39)24(5)16-30(35(40)44-29)37(27,34)41/h9-12,14,16,21-22,26,28-30,32-34,39,41H,13,15,17-20H2,1-8H3/b10-9+,23-12+,25-14+,27-11+,38-31?/t22-,26-,28+,29-,30?,32+,33+,34+,36-,37+/m0/s1. The minimum atomic E-state index is -1.74. The minimum absolute atomic E-state index is 0.0340. The van der Waals surface area contributed by atoms with Crippen LogP contribution in [0, 0.1) is 23.7 Å². The first kappa shape index (κ1) is 34.8. The SMILES string of the molecule is CON=C1C[C@]2(C[C@@H]3C[C@@H](C/C=C(\C)C[C@@H](C)/C=C/C=C4\CO[C@@H]5[C@H](O)C(C)=CC(C(=O)O3)[C@]45O)O2)O[C@H](/C(C)=C/C(C)C)[C@H]1C. The van der Waals surface area contributed by atoms with Gasteiger partial charge in [-0.25, -0.2) is 0 Å². The van der Waals surface area contributed by atoms with E-state index in [0.29, 0.717) is 42.7 Å². The highest BCUT2D eigenvalue weighted by atomic mass is 16.7. The molecule has 5 rings (SSSR count). The maximum atomic E-state index is 14.2. The summed E-state index contributed by atoms with van der Waals surface area (Å²) in [6, 6.07) is 0. The van der Waals surface area contributed by atoms with Gasteiger partial charge in [0.05, 0.1) is 24.5 Å². The van der Waals surface area contributed by atoms with Gasteiger partial charge in [-0.05, 0) is 62.2 Å². The van der Waals surface area contributed by atoms with E-state index in [4.69, 9.17) is 23.8 Å². The molecule has 10 atom stereocenters. The second-order valence-electron chi connectivity index (χ2n) is 14.5. The number of esters is 1. The number of allylic oxidation sites excluding steroid dienone is 5. The van der Waals surface area contributed by atoms with Crippen molar-refractivity contribution in [2.24, 2.45) is 28.8 Å². The van der Waals surface area contributed by atoms with Gasteiger partial charge >= 0.3 is 5.97 Å². The van der Waals surface area contributed by atoms with Crippen molar-refractivity contribution in [1.29, 1.82) is 0 Å². The summed E-state index contributed by atoms with van der Waals surface area (Å²) in [5, 5.41) is 27.6. The van der Waals surface area contributed by atoms with Crippen LogP contribution in [0.2, 0.25) is 0 Å². The summed E-state index contributed by atoms with van der Waals surface area (Å²) in [4.78, 5) is 19.4. The summed E-state index contributed by atoms with van der Waals surface area (Å²) in [7, 11) is 1.55. The van der Waals surface area contributed by atoms with Crippen molar-refractivity contribution in [3.05, 3.63) is 58.7 Å². The van der Waals surface area contributed by atoms with E-state index < -0.39 is 41.6 Å². The second-order valence-corrected chi connectivity index (χ2v) is 14.5. The maximum Gasteiger partial charge on any atom is 0.316 e. The van der Waals surface area contributed by atoms with Crippen molar-refractivity contribution in [2.45, 2.75) is 122 Å².